The molecule has 2 heteroatoms. The number of rotatable bonds is 3. The molecule has 1 aromatic carbocycles. The fourth-order valence-electron chi connectivity index (χ4n) is 0.981. The van der Waals surface area contributed by atoms with Gasteiger partial charge in [-0.1, -0.05) is 35.0 Å². The van der Waals surface area contributed by atoms with Gasteiger partial charge in [-0.25, -0.2) is 0 Å². The van der Waals surface area contributed by atoms with Crippen molar-refractivity contribution in [1.82, 2.24) is 0 Å². The Morgan fingerprint density at radius 2 is 2.17 bits per heavy atom. The van der Waals surface area contributed by atoms with Crippen LogP contribution in [0.25, 0.3) is 0 Å². The minimum Gasteiger partial charge on any atom is -0.157 e. The molecular formula is C10H13BrS. The quantitative estimate of drug-likeness (QED) is 0.775. The van der Waals surface area contributed by atoms with Crippen molar-refractivity contribution in [3.05, 3.63) is 33.8 Å². The van der Waals surface area contributed by atoms with Crippen LogP contribution >= 0.6 is 27.7 Å². The lowest BCUT2D eigenvalue weighted by Gasteiger charge is -2.03. The summed E-state index contributed by atoms with van der Waals surface area (Å²) in [5, 5.41) is 0. The standard InChI is InChI=1S/C10H13BrS/c1-3-12-7-9-5-4-8(2)6-10(9)11/h4-6H,3,7H2,1-2H3. The smallest absolute Gasteiger partial charge is 0.0218 e. The van der Waals surface area contributed by atoms with Gasteiger partial charge in [0.2, 0.25) is 0 Å². The fraction of sp³-hybridized carbons (Fsp3) is 0.400. The van der Waals surface area contributed by atoms with Crippen molar-refractivity contribution in [2.24, 2.45) is 0 Å². The maximum Gasteiger partial charge on any atom is 0.0218 e. The second-order valence-electron chi connectivity index (χ2n) is 2.73. The second-order valence-corrected chi connectivity index (χ2v) is 4.86. The molecule has 0 heterocycles. The second kappa shape index (κ2) is 4.93. The molecule has 0 saturated heterocycles. The van der Waals surface area contributed by atoms with Crippen LogP contribution in [-0.2, 0) is 5.75 Å². The maximum atomic E-state index is 3.56. The molecule has 66 valence electrons. The lowest BCUT2D eigenvalue weighted by atomic mass is 10.2. The van der Waals surface area contributed by atoms with Gasteiger partial charge in [-0.3, -0.25) is 0 Å². The molecule has 0 aliphatic carbocycles. The van der Waals surface area contributed by atoms with E-state index in [1.807, 2.05) is 11.8 Å². The van der Waals surface area contributed by atoms with Crippen LogP contribution in [0.1, 0.15) is 18.1 Å². The number of halogens is 1. The van der Waals surface area contributed by atoms with Crippen LogP contribution in [-0.4, -0.2) is 5.75 Å². The number of hydrogen-bond acceptors (Lipinski definition) is 1. The summed E-state index contributed by atoms with van der Waals surface area (Å²) in [5.41, 5.74) is 2.71. The van der Waals surface area contributed by atoms with E-state index in [1.165, 1.54) is 21.4 Å². The summed E-state index contributed by atoms with van der Waals surface area (Å²) in [7, 11) is 0. The van der Waals surface area contributed by atoms with E-state index in [1.54, 1.807) is 0 Å². The average molecular weight is 245 g/mol. The summed E-state index contributed by atoms with van der Waals surface area (Å²) in [6.45, 7) is 4.30. The molecule has 0 aromatic heterocycles. The molecule has 1 aromatic rings. The molecular weight excluding hydrogens is 232 g/mol. The molecule has 0 N–H and O–H groups in total. The van der Waals surface area contributed by atoms with Crippen LogP contribution in [0.2, 0.25) is 0 Å². The summed E-state index contributed by atoms with van der Waals surface area (Å²) in [4.78, 5) is 0. The zero-order chi connectivity index (χ0) is 8.97. The first-order valence-corrected chi connectivity index (χ1v) is 6.01. The Labute approximate surface area is 86.9 Å². The van der Waals surface area contributed by atoms with E-state index >= 15 is 0 Å². The Morgan fingerprint density at radius 1 is 1.42 bits per heavy atom. The van der Waals surface area contributed by atoms with Gasteiger partial charge in [-0.15, -0.1) is 0 Å². The van der Waals surface area contributed by atoms with Crippen LogP contribution in [0.15, 0.2) is 22.7 Å². The van der Waals surface area contributed by atoms with E-state index in [0.717, 1.165) is 5.75 Å². The third-order valence-electron chi connectivity index (χ3n) is 1.67. The van der Waals surface area contributed by atoms with Crippen molar-refractivity contribution in [2.75, 3.05) is 5.75 Å². The van der Waals surface area contributed by atoms with Gasteiger partial charge in [-0.2, -0.15) is 11.8 Å². The van der Waals surface area contributed by atoms with Crippen LogP contribution < -0.4 is 0 Å². The van der Waals surface area contributed by atoms with Crippen LogP contribution in [0, 0.1) is 6.92 Å². The zero-order valence-electron chi connectivity index (χ0n) is 7.43. The maximum absolute atomic E-state index is 3.56. The minimum absolute atomic E-state index is 1.11. The highest BCUT2D eigenvalue weighted by molar-refractivity contribution is 9.10. The highest BCUT2D eigenvalue weighted by Crippen LogP contribution is 2.22. The van der Waals surface area contributed by atoms with E-state index in [0.29, 0.717) is 0 Å². The highest BCUT2D eigenvalue weighted by atomic mass is 79.9. The van der Waals surface area contributed by atoms with E-state index in [4.69, 9.17) is 0 Å². The Bertz CT molecular complexity index is 258. The highest BCUT2D eigenvalue weighted by Gasteiger charge is 1.98. The molecule has 0 fully saturated rings. The molecule has 0 aliphatic rings. The molecule has 0 spiro atoms. The van der Waals surface area contributed by atoms with Gasteiger partial charge < -0.3 is 0 Å². The number of hydrogen-bond donors (Lipinski definition) is 0. The first kappa shape index (κ1) is 10.1. The third-order valence-corrected chi connectivity index (χ3v) is 3.33. The largest absolute Gasteiger partial charge is 0.157 e. The number of benzene rings is 1. The predicted octanol–water partition coefficient (Wildman–Crippen LogP) is 4.01. The summed E-state index contributed by atoms with van der Waals surface area (Å²) in [6, 6.07) is 6.53. The van der Waals surface area contributed by atoms with Gasteiger partial charge in [0, 0.05) is 10.2 Å². The summed E-state index contributed by atoms with van der Waals surface area (Å²) in [6.07, 6.45) is 0. The van der Waals surface area contributed by atoms with E-state index < -0.39 is 0 Å². The monoisotopic (exact) mass is 244 g/mol. The van der Waals surface area contributed by atoms with Crippen molar-refractivity contribution in [2.45, 2.75) is 19.6 Å². The average Bonchev–Trinajstić information content (AvgIpc) is 2.03. The van der Waals surface area contributed by atoms with Crippen molar-refractivity contribution < 1.29 is 0 Å². The Morgan fingerprint density at radius 3 is 2.75 bits per heavy atom. The van der Waals surface area contributed by atoms with Gasteiger partial charge >= 0.3 is 0 Å². The normalized spacial score (nSPS) is 10.2. The first-order valence-electron chi connectivity index (χ1n) is 4.07. The Kier molecular flexibility index (Phi) is 4.16. The van der Waals surface area contributed by atoms with Crippen molar-refractivity contribution in [3.63, 3.8) is 0 Å². The third kappa shape index (κ3) is 2.83. The first-order chi connectivity index (χ1) is 5.74. The Hall–Kier alpha value is 0.0500. The van der Waals surface area contributed by atoms with Gasteiger partial charge in [0.05, 0.1) is 0 Å². The summed E-state index contributed by atoms with van der Waals surface area (Å²) >= 11 is 5.52. The van der Waals surface area contributed by atoms with E-state index in [-0.39, 0.29) is 0 Å². The van der Waals surface area contributed by atoms with Crippen molar-refractivity contribution in [1.29, 1.82) is 0 Å². The fourth-order valence-corrected chi connectivity index (χ4v) is 2.48. The van der Waals surface area contributed by atoms with Crippen molar-refractivity contribution in [3.8, 4) is 0 Å². The number of aryl methyl sites for hydroxylation is 1. The SMILES string of the molecule is CCSCc1ccc(C)cc1Br. The minimum atomic E-state index is 1.11. The van der Waals surface area contributed by atoms with Gasteiger partial charge in [-0.05, 0) is 29.9 Å². The van der Waals surface area contributed by atoms with Gasteiger partial charge in [0.25, 0.3) is 0 Å². The van der Waals surface area contributed by atoms with Crippen molar-refractivity contribution >= 4 is 27.7 Å². The lowest BCUT2D eigenvalue weighted by molar-refractivity contribution is 1.33. The number of thioether (sulfide) groups is 1. The van der Waals surface area contributed by atoms with Gasteiger partial charge in [0.1, 0.15) is 0 Å². The molecule has 0 radical (unpaired) electrons. The van der Waals surface area contributed by atoms with Crippen LogP contribution in [0.4, 0.5) is 0 Å². The van der Waals surface area contributed by atoms with Gasteiger partial charge in [0.15, 0.2) is 0 Å². The molecule has 0 unspecified atom stereocenters. The topological polar surface area (TPSA) is 0 Å². The molecule has 1 rings (SSSR count). The summed E-state index contributed by atoms with van der Waals surface area (Å²) in [5.74, 6) is 2.29. The molecule has 0 atom stereocenters. The molecule has 12 heavy (non-hydrogen) atoms. The van der Waals surface area contributed by atoms with Crippen LogP contribution in [0.5, 0.6) is 0 Å². The zero-order valence-corrected chi connectivity index (χ0v) is 9.83. The Balaban J connectivity index is 2.72. The summed E-state index contributed by atoms with van der Waals surface area (Å²) < 4.78 is 1.24. The molecule has 0 saturated carbocycles. The molecule has 0 aliphatic heterocycles. The molecule has 0 amide bonds. The predicted molar refractivity (Wildman–Crippen MR) is 60.7 cm³/mol. The lowest BCUT2D eigenvalue weighted by Crippen LogP contribution is -1.84. The van der Waals surface area contributed by atoms with E-state index in [2.05, 4.69) is 48.0 Å². The molecule has 0 nitrogen and oxygen atoms in total. The van der Waals surface area contributed by atoms with Crippen LogP contribution in [0.3, 0.4) is 0 Å². The van der Waals surface area contributed by atoms with E-state index in [9.17, 15) is 0 Å². The molecule has 0 bridgehead atoms.